The third-order valence-corrected chi connectivity index (χ3v) is 3.70. The van der Waals surface area contributed by atoms with Crippen LogP contribution in [0, 0.1) is 6.92 Å². The van der Waals surface area contributed by atoms with Crippen LogP contribution in [0.25, 0.3) is 0 Å². The minimum Gasteiger partial charge on any atom is -0.377 e. The Hall–Kier alpha value is -1.70. The summed E-state index contributed by atoms with van der Waals surface area (Å²) in [7, 11) is 1.59. The fourth-order valence-corrected chi connectivity index (χ4v) is 2.07. The maximum Gasteiger partial charge on any atom is 0.158 e. The molecule has 0 aliphatic rings. The number of nitrogen functional groups attached to an aromatic ring is 1. The fourth-order valence-electron chi connectivity index (χ4n) is 1.71. The van der Waals surface area contributed by atoms with Gasteiger partial charge in [0.15, 0.2) is 5.82 Å². The van der Waals surface area contributed by atoms with Crippen LogP contribution in [0.1, 0.15) is 11.4 Å². The summed E-state index contributed by atoms with van der Waals surface area (Å²) in [4.78, 5) is 8.57. The van der Waals surface area contributed by atoms with Gasteiger partial charge < -0.3 is 15.5 Å². The van der Waals surface area contributed by atoms with Gasteiger partial charge in [0.2, 0.25) is 0 Å². The summed E-state index contributed by atoms with van der Waals surface area (Å²) in [6.45, 7) is 2.34. The van der Waals surface area contributed by atoms with Gasteiger partial charge in [0.05, 0.1) is 5.69 Å². The van der Waals surface area contributed by atoms with E-state index in [1.807, 2.05) is 25.1 Å². The van der Waals surface area contributed by atoms with Crippen LogP contribution in [-0.2, 0) is 11.3 Å². The number of nitrogens with zero attached hydrogens (tertiary/aromatic N) is 2. The highest BCUT2D eigenvalue weighted by molar-refractivity contribution is 9.10. The highest BCUT2D eigenvalue weighted by atomic mass is 79.9. The largest absolute Gasteiger partial charge is 0.377 e. The van der Waals surface area contributed by atoms with Gasteiger partial charge in [0.1, 0.15) is 18.2 Å². The molecule has 7 heteroatoms. The van der Waals surface area contributed by atoms with Gasteiger partial charge >= 0.3 is 0 Å². The zero-order chi connectivity index (χ0) is 14.5. The Morgan fingerprint density at radius 3 is 2.75 bits per heavy atom. The first-order valence-electron chi connectivity index (χ1n) is 5.99. The summed E-state index contributed by atoms with van der Waals surface area (Å²) in [6.07, 6.45) is 0. The Morgan fingerprint density at radius 2 is 2.05 bits per heavy atom. The van der Waals surface area contributed by atoms with Crippen LogP contribution in [-0.4, -0.2) is 17.1 Å². The first-order chi connectivity index (χ1) is 9.63. The van der Waals surface area contributed by atoms with E-state index in [2.05, 4.69) is 36.6 Å². The first kappa shape index (κ1) is 14.7. The fraction of sp³-hybridized carbons (Fsp3) is 0.231. The molecule has 6 nitrogen and oxygen atoms in total. The molecule has 106 valence electrons. The molecule has 0 fully saturated rings. The molecule has 0 saturated carbocycles. The molecule has 0 aliphatic carbocycles. The number of benzene rings is 1. The van der Waals surface area contributed by atoms with E-state index in [4.69, 9.17) is 10.6 Å². The Kier molecular flexibility index (Phi) is 4.89. The molecule has 2 aromatic rings. The van der Waals surface area contributed by atoms with Crippen molar-refractivity contribution in [3.8, 4) is 0 Å². The number of hydrogen-bond donors (Lipinski definition) is 3. The summed E-state index contributed by atoms with van der Waals surface area (Å²) in [5.41, 5.74) is 4.58. The van der Waals surface area contributed by atoms with Crippen molar-refractivity contribution < 1.29 is 4.74 Å². The van der Waals surface area contributed by atoms with Crippen LogP contribution in [0.4, 0.5) is 17.3 Å². The number of ether oxygens (including phenoxy) is 1. The minimum absolute atomic E-state index is 0.319. The monoisotopic (exact) mass is 337 g/mol. The van der Waals surface area contributed by atoms with E-state index in [0.29, 0.717) is 24.1 Å². The van der Waals surface area contributed by atoms with Crippen molar-refractivity contribution in [2.45, 2.75) is 13.5 Å². The van der Waals surface area contributed by atoms with Gasteiger partial charge in [-0.25, -0.2) is 15.8 Å². The predicted octanol–water partition coefficient (Wildman–Crippen LogP) is 2.72. The number of hydrogen-bond acceptors (Lipinski definition) is 6. The van der Waals surface area contributed by atoms with E-state index < -0.39 is 0 Å². The molecule has 1 heterocycles. The molecule has 0 amide bonds. The third kappa shape index (κ3) is 3.44. The molecule has 20 heavy (non-hydrogen) atoms. The first-order valence-corrected chi connectivity index (χ1v) is 6.79. The zero-order valence-corrected chi connectivity index (χ0v) is 12.9. The Balaban J connectivity index is 2.32. The summed E-state index contributed by atoms with van der Waals surface area (Å²) in [5, 5.41) is 3.24. The average Bonchev–Trinajstić information content (AvgIpc) is 2.44. The van der Waals surface area contributed by atoms with Gasteiger partial charge in [-0.15, -0.1) is 0 Å². The van der Waals surface area contributed by atoms with Gasteiger partial charge in [0.25, 0.3) is 0 Å². The summed E-state index contributed by atoms with van der Waals surface area (Å²) in [5.74, 6) is 7.13. The maximum atomic E-state index is 5.41. The molecule has 2 rings (SSSR count). The topological polar surface area (TPSA) is 85.1 Å². The second-order valence-electron chi connectivity index (χ2n) is 4.19. The van der Waals surface area contributed by atoms with Gasteiger partial charge in [-0.05, 0) is 34.5 Å². The Labute approximate surface area is 125 Å². The molecule has 4 N–H and O–H groups in total. The number of rotatable bonds is 5. The Morgan fingerprint density at radius 1 is 1.30 bits per heavy atom. The summed E-state index contributed by atoms with van der Waals surface area (Å²) < 4.78 is 6.04. The number of aryl methyl sites for hydroxylation is 1. The second-order valence-corrected chi connectivity index (χ2v) is 4.99. The number of nitrogens with two attached hydrogens (primary N) is 1. The van der Waals surface area contributed by atoms with Crippen molar-refractivity contribution in [3.63, 3.8) is 0 Å². The van der Waals surface area contributed by atoms with Crippen molar-refractivity contribution in [1.82, 2.24) is 9.97 Å². The van der Waals surface area contributed by atoms with E-state index in [1.165, 1.54) is 0 Å². The van der Waals surface area contributed by atoms with Crippen molar-refractivity contribution in [1.29, 1.82) is 0 Å². The zero-order valence-electron chi connectivity index (χ0n) is 11.3. The standard InChI is InChI=1S/C13H16BrN5O/c1-8-4-3-5-9(13(8)14)16-10-6-11(19-15)18-12(17-10)7-20-2/h3-6H,7,15H2,1-2H3,(H2,16,17,18,19). The van der Waals surface area contributed by atoms with E-state index in [9.17, 15) is 0 Å². The molecule has 0 atom stereocenters. The molecule has 1 aromatic carbocycles. The number of methoxy groups -OCH3 is 1. The van der Waals surface area contributed by atoms with E-state index in [-0.39, 0.29) is 0 Å². The number of hydrazine groups is 1. The minimum atomic E-state index is 0.319. The molecule has 0 radical (unpaired) electrons. The molecule has 0 unspecified atom stereocenters. The van der Waals surface area contributed by atoms with E-state index in [0.717, 1.165) is 15.7 Å². The van der Waals surface area contributed by atoms with Gasteiger partial charge in [-0.3, -0.25) is 0 Å². The van der Waals surface area contributed by atoms with Crippen LogP contribution >= 0.6 is 15.9 Å². The lowest BCUT2D eigenvalue weighted by Gasteiger charge is -2.11. The number of halogens is 1. The SMILES string of the molecule is COCc1nc(NN)cc(Nc2cccc(C)c2Br)n1. The van der Waals surface area contributed by atoms with Crippen molar-refractivity contribution in [3.05, 3.63) is 40.1 Å². The lowest BCUT2D eigenvalue weighted by Crippen LogP contribution is -2.12. The molecule has 0 spiro atoms. The molecule has 0 bridgehead atoms. The molecule has 1 aromatic heterocycles. The Bertz CT molecular complexity index is 605. The van der Waals surface area contributed by atoms with Crippen LogP contribution in [0.2, 0.25) is 0 Å². The molecular weight excluding hydrogens is 322 g/mol. The third-order valence-electron chi connectivity index (χ3n) is 2.65. The molecule has 0 aliphatic heterocycles. The average molecular weight is 338 g/mol. The maximum absolute atomic E-state index is 5.41. The van der Waals surface area contributed by atoms with Crippen molar-refractivity contribution in [2.75, 3.05) is 17.9 Å². The quantitative estimate of drug-likeness (QED) is 0.574. The van der Waals surface area contributed by atoms with Gasteiger partial charge in [-0.1, -0.05) is 12.1 Å². The van der Waals surface area contributed by atoms with E-state index >= 15 is 0 Å². The van der Waals surface area contributed by atoms with Crippen molar-refractivity contribution in [2.24, 2.45) is 5.84 Å². The molecular formula is C13H16BrN5O. The lowest BCUT2D eigenvalue weighted by atomic mass is 10.2. The number of anilines is 3. The summed E-state index contributed by atoms with van der Waals surface area (Å²) in [6, 6.07) is 7.69. The highest BCUT2D eigenvalue weighted by Crippen LogP contribution is 2.28. The molecule has 0 saturated heterocycles. The normalized spacial score (nSPS) is 10.4. The van der Waals surface area contributed by atoms with Crippen LogP contribution in [0.3, 0.4) is 0 Å². The lowest BCUT2D eigenvalue weighted by molar-refractivity contribution is 0.178. The van der Waals surface area contributed by atoms with Gasteiger partial charge in [0, 0.05) is 17.6 Å². The smallest absolute Gasteiger partial charge is 0.158 e. The summed E-state index contributed by atoms with van der Waals surface area (Å²) >= 11 is 3.55. The van der Waals surface area contributed by atoms with Crippen LogP contribution in [0.15, 0.2) is 28.7 Å². The van der Waals surface area contributed by atoms with Gasteiger partial charge in [-0.2, -0.15) is 0 Å². The van der Waals surface area contributed by atoms with Crippen molar-refractivity contribution >= 4 is 33.3 Å². The van der Waals surface area contributed by atoms with Crippen LogP contribution in [0.5, 0.6) is 0 Å². The van der Waals surface area contributed by atoms with E-state index in [1.54, 1.807) is 13.2 Å². The number of nitrogens with one attached hydrogen (secondary N) is 2. The predicted molar refractivity (Wildman–Crippen MR) is 82.7 cm³/mol. The van der Waals surface area contributed by atoms with Crippen LogP contribution < -0.4 is 16.6 Å². The number of aromatic nitrogens is 2. The highest BCUT2D eigenvalue weighted by Gasteiger charge is 2.07. The second kappa shape index (κ2) is 6.65.